The molecule has 4 nitrogen and oxygen atoms in total. The van der Waals surface area contributed by atoms with Gasteiger partial charge in [0.1, 0.15) is 5.92 Å². The molecule has 2 atom stereocenters. The molecule has 0 N–H and O–H groups in total. The number of nitrogens with zero attached hydrogens (tertiary/aromatic N) is 1. The lowest BCUT2D eigenvalue weighted by atomic mass is 9.72. The van der Waals surface area contributed by atoms with E-state index in [4.69, 9.17) is 4.74 Å². The number of hydrogen-bond acceptors (Lipinski definition) is 4. The maximum Gasteiger partial charge on any atom is 0.315 e. The average molecular weight is 404 g/mol. The van der Waals surface area contributed by atoms with E-state index >= 15 is 0 Å². The summed E-state index contributed by atoms with van der Waals surface area (Å²) in [5.41, 5.74) is 3.25. The summed E-state index contributed by atoms with van der Waals surface area (Å²) in [6.45, 7) is 4.22. The van der Waals surface area contributed by atoms with Gasteiger partial charge in [0.2, 0.25) is 0 Å². The molecule has 25 heavy (non-hydrogen) atoms. The Labute approximate surface area is 156 Å². The van der Waals surface area contributed by atoms with E-state index in [1.54, 1.807) is 0 Å². The molecule has 2 aliphatic rings. The molecule has 0 amide bonds. The molecule has 0 fully saturated rings. The van der Waals surface area contributed by atoms with Crippen LogP contribution < -0.4 is 0 Å². The fourth-order valence-electron chi connectivity index (χ4n) is 3.63. The van der Waals surface area contributed by atoms with Crippen LogP contribution in [0.25, 0.3) is 0 Å². The number of esters is 1. The Bertz CT molecular complexity index is 749. The first-order valence-corrected chi connectivity index (χ1v) is 9.55. The third-order valence-electron chi connectivity index (χ3n) is 4.77. The number of ether oxygens (including phenoxy) is 1. The first-order valence-electron chi connectivity index (χ1n) is 8.76. The standard InChI is InChI=1S/C20H22BrNO3/c1-3-11-25-20(24)17-12(2)22-15-5-4-6-16(23)19(15)18(17)13-7-9-14(21)10-8-13/h7-10,17-18H,3-6,11H2,1-2H3/t17?,18-/m0/s1. The van der Waals surface area contributed by atoms with Gasteiger partial charge in [0.05, 0.1) is 6.61 Å². The molecule has 1 aromatic rings. The van der Waals surface area contributed by atoms with E-state index < -0.39 is 5.92 Å². The molecule has 1 unspecified atom stereocenters. The number of carbonyl (C=O) groups excluding carboxylic acids is 2. The van der Waals surface area contributed by atoms with Gasteiger partial charge < -0.3 is 4.74 Å². The molecule has 0 radical (unpaired) electrons. The smallest absolute Gasteiger partial charge is 0.315 e. The topological polar surface area (TPSA) is 55.7 Å². The Hall–Kier alpha value is -1.75. The monoisotopic (exact) mass is 403 g/mol. The molecule has 0 bridgehead atoms. The highest BCUT2D eigenvalue weighted by molar-refractivity contribution is 9.10. The van der Waals surface area contributed by atoms with Gasteiger partial charge in [-0.25, -0.2) is 0 Å². The molecule has 3 rings (SSSR count). The number of benzene rings is 1. The van der Waals surface area contributed by atoms with E-state index in [1.165, 1.54) is 0 Å². The largest absolute Gasteiger partial charge is 0.465 e. The summed E-state index contributed by atoms with van der Waals surface area (Å²) < 4.78 is 6.39. The van der Waals surface area contributed by atoms with E-state index in [2.05, 4.69) is 20.9 Å². The van der Waals surface area contributed by atoms with Crippen molar-refractivity contribution in [2.24, 2.45) is 10.9 Å². The molecule has 132 valence electrons. The second-order valence-corrected chi connectivity index (χ2v) is 7.48. The minimum Gasteiger partial charge on any atom is -0.465 e. The van der Waals surface area contributed by atoms with Crippen LogP contribution in [0.5, 0.6) is 0 Å². The zero-order chi connectivity index (χ0) is 18.0. The number of halogens is 1. The summed E-state index contributed by atoms with van der Waals surface area (Å²) in [6, 6.07) is 7.83. The predicted octanol–water partition coefficient (Wildman–Crippen LogP) is 4.58. The van der Waals surface area contributed by atoms with E-state index in [0.29, 0.717) is 18.6 Å². The lowest BCUT2D eigenvalue weighted by Gasteiger charge is -2.34. The third-order valence-corrected chi connectivity index (χ3v) is 5.29. The summed E-state index contributed by atoms with van der Waals surface area (Å²) in [5, 5.41) is 0. The van der Waals surface area contributed by atoms with Gasteiger partial charge in [-0.3, -0.25) is 14.6 Å². The van der Waals surface area contributed by atoms with Crippen molar-refractivity contribution in [2.45, 2.75) is 45.4 Å². The van der Waals surface area contributed by atoms with Crippen LogP contribution in [0.15, 0.2) is 45.0 Å². The maximum atomic E-state index is 12.8. The second kappa shape index (κ2) is 7.65. The van der Waals surface area contributed by atoms with Crippen LogP contribution in [-0.4, -0.2) is 24.1 Å². The number of aliphatic imine (C=N–C) groups is 1. The van der Waals surface area contributed by atoms with Crippen molar-refractivity contribution in [3.05, 3.63) is 45.6 Å². The fourth-order valence-corrected chi connectivity index (χ4v) is 3.90. The van der Waals surface area contributed by atoms with Gasteiger partial charge in [-0.2, -0.15) is 0 Å². The lowest BCUT2D eigenvalue weighted by Crippen LogP contribution is -2.37. The molecular weight excluding hydrogens is 382 g/mol. The molecule has 1 aliphatic heterocycles. The number of carbonyl (C=O) groups is 2. The Morgan fingerprint density at radius 3 is 2.68 bits per heavy atom. The van der Waals surface area contributed by atoms with Crippen LogP contribution in [0, 0.1) is 5.92 Å². The number of hydrogen-bond donors (Lipinski definition) is 0. The average Bonchev–Trinajstić information content (AvgIpc) is 2.59. The third kappa shape index (κ3) is 3.61. The highest BCUT2D eigenvalue weighted by Crippen LogP contribution is 2.43. The van der Waals surface area contributed by atoms with E-state index in [9.17, 15) is 9.59 Å². The van der Waals surface area contributed by atoms with Crippen LogP contribution in [-0.2, 0) is 14.3 Å². The minimum absolute atomic E-state index is 0.110. The summed E-state index contributed by atoms with van der Waals surface area (Å²) >= 11 is 3.45. The van der Waals surface area contributed by atoms with Gasteiger partial charge in [-0.15, -0.1) is 0 Å². The van der Waals surface area contributed by atoms with Gasteiger partial charge in [-0.1, -0.05) is 35.0 Å². The Balaban J connectivity index is 2.08. The van der Waals surface area contributed by atoms with Crippen molar-refractivity contribution in [3.63, 3.8) is 0 Å². The van der Waals surface area contributed by atoms with E-state index in [-0.39, 0.29) is 17.7 Å². The summed E-state index contributed by atoms with van der Waals surface area (Å²) in [5.74, 6) is -1.02. The zero-order valence-corrected chi connectivity index (χ0v) is 16.1. The second-order valence-electron chi connectivity index (χ2n) is 6.56. The number of Topliss-reactive ketones (excluding diaryl/α,β-unsaturated/α-hetero) is 1. The van der Waals surface area contributed by atoms with Crippen molar-refractivity contribution in [3.8, 4) is 0 Å². The van der Waals surface area contributed by atoms with Gasteiger partial charge in [-0.05, 0) is 43.9 Å². The molecule has 1 heterocycles. The van der Waals surface area contributed by atoms with Gasteiger partial charge in [0.25, 0.3) is 0 Å². The van der Waals surface area contributed by atoms with E-state index in [1.807, 2.05) is 38.1 Å². The van der Waals surface area contributed by atoms with E-state index in [0.717, 1.165) is 40.7 Å². The van der Waals surface area contributed by atoms with Crippen LogP contribution in [0.2, 0.25) is 0 Å². The maximum absolute atomic E-state index is 12.8. The van der Waals surface area contributed by atoms with Gasteiger partial charge >= 0.3 is 5.97 Å². The van der Waals surface area contributed by atoms with Crippen molar-refractivity contribution in [1.29, 1.82) is 0 Å². The molecule has 1 aromatic carbocycles. The van der Waals surface area contributed by atoms with Crippen LogP contribution in [0.1, 0.15) is 51.0 Å². The molecular formula is C20H22BrNO3. The lowest BCUT2D eigenvalue weighted by molar-refractivity contribution is -0.146. The predicted molar refractivity (Wildman–Crippen MR) is 101 cm³/mol. The number of allylic oxidation sites excluding steroid dienone is 2. The Kier molecular flexibility index (Phi) is 5.52. The summed E-state index contributed by atoms with van der Waals surface area (Å²) in [6.07, 6.45) is 2.91. The fraction of sp³-hybridized carbons (Fsp3) is 0.450. The molecule has 0 saturated heterocycles. The number of rotatable bonds is 4. The van der Waals surface area contributed by atoms with Crippen LogP contribution in [0.4, 0.5) is 0 Å². The van der Waals surface area contributed by atoms with Crippen molar-refractivity contribution in [2.75, 3.05) is 6.61 Å². The molecule has 5 heteroatoms. The molecule has 0 spiro atoms. The highest BCUT2D eigenvalue weighted by atomic mass is 79.9. The zero-order valence-electron chi connectivity index (χ0n) is 14.5. The van der Waals surface area contributed by atoms with Gasteiger partial charge in [0.15, 0.2) is 5.78 Å². The summed E-state index contributed by atoms with van der Waals surface area (Å²) in [4.78, 5) is 30.1. The van der Waals surface area contributed by atoms with Crippen molar-refractivity contribution >= 4 is 33.4 Å². The summed E-state index contributed by atoms with van der Waals surface area (Å²) in [7, 11) is 0. The quantitative estimate of drug-likeness (QED) is 0.690. The van der Waals surface area contributed by atoms with Crippen molar-refractivity contribution in [1.82, 2.24) is 0 Å². The normalized spacial score (nSPS) is 23.2. The van der Waals surface area contributed by atoms with Crippen LogP contribution >= 0.6 is 15.9 Å². The highest BCUT2D eigenvalue weighted by Gasteiger charge is 2.42. The van der Waals surface area contributed by atoms with Crippen molar-refractivity contribution < 1.29 is 14.3 Å². The minimum atomic E-state index is -0.534. The Morgan fingerprint density at radius 2 is 2.00 bits per heavy atom. The molecule has 0 saturated carbocycles. The van der Waals surface area contributed by atoms with Gasteiger partial charge in [0, 0.05) is 33.8 Å². The number of ketones is 1. The Morgan fingerprint density at radius 1 is 1.28 bits per heavy atom. The first-order chi connectivity index (χ1) is 12.0. The molecule has 0 aromatic heterocycles. The first kappa shape index (κ1) is 18.1. The SMILES string of the molecule is CCCOC(=O)C1C(C)=NC2=C(C(=O)CCC2)[C@H]1c1ccc(Br)cc1. The van der Waals surface area contributed by atoms with Crippen LogP contribution in [0.3, 0.4) is 0 Å². The molecule has 1 aliphatic carbocycles.